The number of azo groups is 2. The molecule has 21 nitrogen and oxygen atoms in total. The van der Waals surface area contributed by atoms with E-state index in [1.165, 1.54) is 55.5 Å². The largest absolute Gasteiger partial charge is 0.339 e. The number of fused-ring (bicyclic) bond motifs is 2. The van der Waals surface area contributed by atoms with Gasteiger partial charge >= 0.3 is 0 Å². The average molecular weight is 1050 g/mol. The van der Waals surface area contributed by atoms with Gasteiger partial charge in [-0.15, -0.1) is 20.5 Å². The van der Waals surface area contributed by atoms with Gasteiger partial charge in [-0.25, -0.2) is 14.0 Å². The summed E-state index contributed by atoms with van der Waals surface area (Å²) in [6.07, 6.45) is 0. The highest BCUT2D eigenvalue weighted by molar-refractivity contribution is 7.86. The number of nitriles is 2. The van der Waals surface area contributed by atoms with Gasteiger partial charge in [0, 0.05) is 27.9 Å². The van der Waals surface area contributed by atoms with Crippen molar-refractivity contribution in [3.05, 3.63) is 144 Å². The molecule has 0 saturated carbocycles. The van der Waals surface area contributed by atoms with Gasteiger partial charge in [-0.2, -0.15) is 35.8 Å². The van der Waals surface area contributed by atoms with E-state index in [1.807, 2.05) is 36.4 Å². The van der Waals surface area contributed by atoms with Crippen molar-refractivity contribution in [1.29, 1.82) is 15.3 Å². The fourth-order valence-corrected chi connectivity index (χ4v) is 10.5. The van der Waals surface area contributed by atoms with Crippen molar-refractivity contribution in [2.75, 3.05) is 10.6 Å². The quantitative estimate of drug-likeness (QED) is 0.0393. The molecule has 0 aliphatic carbocycles. The lowest BCUT2D eigenvalue weighted by Gasteiger charge is -2.16. The second kappa shape index (κ2) is 19.1. The molecule has 0 radical (unpaired) electrons. The summed E-state index contributed by atoms with van der Waals surface area (Å²) in [5, 5.41) is 46.9. The molecule has 2 heterocycles. The van der Waals surface area contributed by atoms with Crippen LogP contribution in [0.15, 0.2) is 156 Å². The number of hydrogen-bond donors (Lipinski definition) is 7. The summed E-state index contributed by atoms with van der Waals surface area (Å²) >= 11 is 0.868. The van der Waals surface area contributed by atoms with E-state index in [4.69, 9.17) is 4.78 Å². The summed E-state index contributed by atoms with van der Waals surface area (Å²) in [6, 6.07) is 33.5. The highest BCUT2D eigenvalue weighted by Crippen LogP contribution is 2.49. The van der Waals surface area contributed by atoms with Gasteiger partial charge in [0.2, 0.25) is 0 Å². The van der Waals surface area contributed by atoms with E-state index < -0.39 is 60.8 Å². The van der Waals surface area contributed by atoms with Crippen molar-refractivity contribution in [2.45, 2.75) is 27.4 Å². The number of rotatable bonds is 14. The zero-order valence-electron chi connectivity index (χ0n) is 36.1. The number of thiophene rings is 1. The summed E-state index contributed by atoms with van der Waals surface area (Å²) in [5.74, 6) is -0.714. The van der Waals surface area contributed by atoms with Crippen LogP contribution >= 0.6 is 11.3 Å². The minimum Gasteiger partial charge on any atom is -0.339 e. The number of hydrogen-bond acceptors (Lipinski definition) is 18. The van der Waals surface area contributed by atoms with Gasteiger partial charge in [-0.1, -0.05) is 59.9 Å². The number of nitrogens with zero attached hydrogens (tertiary/aromatic N) is 7. The van der Waals surface area contributed by atoms with Crippen molar-refractivity contribution in [2.24, 2.45) is 20.5 Å². The molecule has 8 rings (SSSR count). The molecule has 8 aromatic rings. The van der Waals surface area contributed by atoms with Gasteiger partial charge in [-0.05, 0) is 107 Å². The topological polar surface area (TPSA) is 358 Å². The predicted molar refractivity (Wildman–Crippen MR) is 264 cm³/mol. The molecule has 1 atom stereocenters. The molecule has 0 bridgehead atoms. The first-order valence-corrected chi connectivity index (χ1v) is 26.9. The molecule has 0 fully saturated rings. The van der Waals surface area contributed by atoms with E-state index in [2.05, 4.69) is 48.2 Å². The second-order valence-corrected chi connectivity index (χ2v) is 22.1. The third-order valence-electron chi connectivity index (χ3n) is 10.5. The molecule has 1 unspecified atom stereocenters. The van der Waals surface area contributed by atoms with Crippen LogP contribution < -0.4 is 10.6 Å². The SMILES string of the molecule is Cc1c(C#N)c(Nc2ccc(S(=O)(=O)O)cc2)nc(Nc2ccc(S(=O)(=O)O)cc2)c1N=Nc1sc(N=Nc2cc(S(=O)(=O)O)c3cc(CS(=N)(=O)O)ccc3c2)c(-c2ccc3ccccc3c2)c1C#N. The third-order valence-corrected chi connectivity index (χ3v) is 14.8. The Bertz CT molecular complexity index is 4120. The molecule has 0 amide bonds. The average Bonchev–Trinajstić information content (AvgIpc) is 3.66. The van der Waals surface area contributed by atoms with E-state index in [9.17, 15) is 58.2 Å². The maximum absolute atomic E-state index is 12.7. The first kappa shape index (κ1) is 49.5. The lowest BCUT2D eigenvalue weighted by Crippen LogP contribution is -2.05. The highest BCUT2D eigenvalue weighted by Gasteiger charge is 2.24. The molecular weight excluding hydrogens is 1020 g/mol. The Morgan fingerprint density at radius 1 is 0.620 bits per heavy atom. The Labute approximate surface area is 408 Å². The molecular formula is C45H32N10O11S5. The van der Waals surface area contributed by atoms with E-state index in [-0.39, 0.29) is 83.0 Å². The van der Waals surface area contributed by atoms with E-state index >= 15 is 0 Å². The molecule has 0 aliphatic rings. The number of anilines is 4. The molecule has 0 saturated heterocycles. The fraction of sp³-hybridized carbons (Fsp3) is 0.0444. The summed E-state index contributed by atoms with van der Waals surface area (Å²) < 4.78 is 130. The maximum atomic E-state index is 12.7. The molecule has 71 heavy (non-hydrogen) atoms. The van der Waals surface area contributed by atoms with Gasteiger partial charge in [-0.3, -0.25) is 13.7 Å². The van der Waals surface area contributed by atoms with Crippen LogP contribution in [-0.4, -0.2) is 52.7 Å². The molecule has 0 spiro atoms. The highest BCUT2D eigenvalue weighted by atomic mass is 32.2. The summed E-state index contributed by atoms with van der Waals surface area (Å²) in [4.78, 5) is 3.21. The monoisotopic (exact) mass is 1050 g/mol. The van der Waals surface area contributed by atoms with E-state index in [0.29, 0.717) is 5.56 Å². The fourth-order valence-electron chi connectivity index (χ4n) is 7.23. The summed E-state index contributed by atoms with van der Waals surface area (Å²) in [6.45, 7) is 1.53. The molecule has 6 aromatic carbocycles. The second-order valence-electron chi connectivity index (χ2n) is 15.3. The Morgan fingerprint density at radius 3 is 1.77 bits per heavy atom. The summed E-state index contributed by atoms with van der Waals surface area (Å²) in [5.41, 5.74) is 1.44. The Morgan fingerprint density at radius 2 is 1.20 bits per heavy atom. The number of benzene rings is 6. The minimum atomic E-state index is -4.92. The normalized spacial score (nSPS) is 13.1. The Kier molecular flexibility index (Phi) is 13.3. The summed E-state index contributed by atoms with van der Waals surface area (Å²) in [7, 11) is -18.0. The van der Waals surface area contributed by atoms with Crippen molar-refractivity contribution in [1.82, 2.24) is 4.98 Å². The van der Waals surface area contributed by atoms with Crippen molar-refractivity contribution in [3.63, 3.8) is 0 Å². The van der Waals surface area contributed by atoms with E-state index in [1.54, 1.807) is 6.07 Å². The molecule has 7 N–H and O–H groups in total. The van der Waals surface area contributed by atoms with Crippen LogP contribution in [0.2, 0.25) is 0 Å². The third kappa shape index (κ3) is 11.1. The van der Waals surface area contributed by atoms with Crippen molar-refractivity contribution < 1.29 is 47.7 Å². The molecule has 26 heteroatoms. The van der Waals surface area contributed by atoms with Crippen LogP contribution in [0.4, 0.5) is 44.4 Å². The van der Waals surface area contributed by atoms with Gasteiger partial charge in [0.1, 0.15) is 33.3 Å². The number of aromatic nitrogens is 1. The lowest BCUT2D eigenvalue weighted by molar-refractivity contribution is 0.481. The number of pyridine rings is 1. The van der Waals surface area contributed by atoms with Gasteiger partial charge in [0.15, 0.2) is 26.6 Å². The maximum Gasteiger partial charge on any atom is 0.295 e. The van der Waals surface area contributed by atoms with Crippen LogP contribution in [0.1, 0.15) is 22.3 Å². The zero-order chi connectivity index (χ0) is 51.0. The lowest BCUT2D eigenvalue weighted by atomic mass is 10.00. The van der Waals surface area contributed by atoms with Crippen molar-refractivity contribution in [3.8, 4) is 23.3 Å². The van der Waals surface area contributed by atoms with Crippen LogP contribution in [0.3, 0.4) is 0 Å². The standard InChI is InChI=1S/C45H32N10O11S5/c1-25-37(22-46)42(49-31-10-14-34(15-11-31)69(58,59)60)51-43(50-32-12-16-35(17-13-32)70(61,62)63)41(25)53-54-44-38(23-47)40(30-9-8-27-4-2-3-5-28(27)19-30)45(67-44)55-52-33-20-29-7-6-26(24-68(48,56)57)18-36(29)39(21-33)71(64,65)66/h2-21H,24H2,1H3,(H2,48,56,57)(H2,49,50,51)(H,58,59,60)(H,61,62,63)(H,64,65,66). The molecule has 2 aromatic heterocycles. The van der Waals surface area contributed by atoms with Crippen molar-refractivity contribution >= 4 is 118 Å². The molecule has 0 aliphatic heterocycles. The van der Waals surface area contributed by atoms with Gasteiger partial charge < -0.3 is 15.2 Å². The Balaban J connectivity index is 1.27. The van der Waals surface area contributed by atoms with Crippen LogP contribution in [0.25, 0.3) is 32.7 Å². The smallest absolute Gasteiger partial charge is 0.295 e. The first-order valence-electron chi connectivity index (χ1n) is 20.1. The van der Waals surface area contributed by atoms with E-state index in [0.717, 1.165) is 52.4 Å². The van der Waals surface area contributed by atoms with Gasteiger partial charge in [0.25, 0.3) is 30.4 Å². The van der Waals surface area contributed by atoms with Crippen LogP contribution in [0.5, 0.6) is 0 Å². The Hall–Kier alpha value is -7.89. The van der Waals surface area contributed by atoms with Crippen LogP contribution in [-0.2, 0) is 46.1 Å². The predicted octanol–water partition coefficient (Wildman–Crippen LogP) is 11.2. The zero-order valence-corrected chi connectivity index (χ0v) is 40.2. The van der Waals surface area contributed by atoms with Crippen LogP contribution in [0, 0.1) is 34.4 Å². The van der Waals surface area contributed by atoms with Gasteiger partial charge in [0.05, 0.1) is 26.8 Å². The number of nitrogens with one attached hydrogen (secondary N) is 3. The minimum absolute atomic E-state index is 0.00776. The molecule has 358 valence electrons. The first-order chi connectivity index (χ1) is 33.5.